The zero-order chi connectivity index (χ0) is 12.1. The summed E-state index contributed by atoms with van der Waals surface area (Å²) in [7, 11) is 0. The van der Waals surface area contributed by atoms with Crippen molar-refractivity contribution in [3.63, 3.8) is 0 Å². The summed E-state index contributed by atoms with van der Waals surface area (Å²) < 4.78 is 1.81. The molecule has 0 saturated heterocycles. The third kappa shape index (κ3) is 4.16. The van der Waals surface area contributed by atoms with Crippen molar-refractivity contribution in [2.45, 2.75) is 13.3 Å². The number of carbonyl (C=O) groups is 1. The van der Waals surface area contributed by atoms with Gasteiger partial charge in [-0.05, 0) is 50.3 Å². The van der Waals surface area contributed by atoms with Gasteiger partial charge in [0.25, 0.3) is 5.91 Å². The molecule has 6 heteroatoms. The van der Waals surface area contributed by atoms with Gasteiger partial charge in [-0.1, -0.05) is 6.92 Å². The lowest BCUT2D eigenvalue weighted by Crippen LogP contribution is -2.27. The molecule has 0 fully saturated rings. The predicted octanol–water partition coefficient (Wildman–Crippen LogP) is 3.02. The molecule has 90 valence electrons. The molecule has 0 aliphatic rings. The third-order valence-electron chi connectivity index (χ3n) is 2.10. The van der Waals surface area contributed by atoms with E-state index in [9.17, 15) is 4.79 Å². The molecule has 1 heterocycles. The maximum atomic E-state index is 11.7. The number of hydrogen-bond donors (Lipinski definition) is 2. The van der Waals surface area contributed by atoms with Crippen LogP contribution in [0.1, 0.15) is 23.0 Å². The maximum Gasteiger partial charge on any atom is 0.261 e. The highest BCUT2D eigenvalue weighted by atomic mass is 79.9. The van der Waals surface area contributed by atoms with Crippen molar-refractivity contribution >= 4 is 49.1 Å². The summed E-state index contributed by atoms with van der Waals surface area (Å²) in [5.41, 5.74) is 0. The predicted molar refractivity (Wildman–Crippen MR) is 72.9 cm³/mol. The molecule has 1 atom stereocenters. The van der Waals surface area contributed by atoms with E-state index in [4.69, 9.17) is 5.11 Å². The molecule has 0 aliphatic heterocycles. The molecule has 1 unspecified atom stereocenters. The number of halogens is 2. The minimum absolute atomic E-state index is 0.0683. The number of aliphatic hydroxyl groups is 1. The van der Waals surface area contributed by atoms with Gasteiger partial charge in [-0.25, -0.2) is 0 Å². The van der Waals surface area contributed by atoms with E-state index in [2.05, 4.69) is 37.2 Å². The molecule has 2 N–H and O–H groups in total. The summed E-state index contributed by atoms with van der Waals surface area (Å²) in [5.74, 6) is 0.224. The highest BCUT2D eigenvalue weighted by Gasteiger charge is 2.12. The van der Waals surface area contributed by atoms with Crippen LogP contribution >= 0.6 is 43.2 Å². The lowest BCUT2D eigenvalue weighted by atomic mass is 10.1. The van der Waals surface area contributed by atoms with E-state index in [1.54, 1.807) is 6.07 Å². The van der Waals surface area contributed by atoms with Crippen LogP contribution in [0, 0.1) is 5.92 Å². The first-order valence-corrected chi connectivity index (χ1v) is 7.28. The standard InChI is InChI=1S/C10H13Br2NO2S/c1-6(2-3-14)5-13-10(15)8-4-7(11)9(12)16-8/h4,6,14H,2-3,5H2,1H3,(H,13,15). The van der Waals surface area contributed by atoms with Crippen molar-refractivity contribution in [3.05, 3.63) is 19.2 Å². The molecule has 1 rings (SSSR count). The average Bonchev–Trinajstić information content (AvgIpc) is 2.56. The van der Waals surface area contributed by atoms with Crippen LogP contribution in [0.3, 0.4) is 0 Å². The molecule has 0 saturated carbocycles. The van der Waals surface area contributed by atoms with Crippen molar-refractivity contribution in [2.24, 2.45) is 5.92 Å². The zero-order valence-electron chi connectivity index (χ0n) is 8.80. The quantitative estimate of drug-likeness (QED) is 0.836. The van der Waals surface area contributed by atoms with Gasteiger partial charge in [0.15, 0.2) is 0 Å². The first kappa shape index (κ1) is 14.2. The van der Waals surface area contributed by atoms with Crippen molar-refractivity contribution in [3.8, 4) is 0 Å². The van der Waals surface area contributed by atoms with E-state index in [1.165, 1.54) is 11.3 Å². The van der Waals surface area contributed by atoms with Gasteiger partial charge in [0.05, 0.1) is 8.66 Å². The second-order valence-corrected chi connectivity index (χ2v) is 6.78. The lowest BCUT2D eigenvalue weighted by molar-refractivity contribution is 0.0949. The topological polar surface area (TPSA) is 49.3 Å². The Kier molecular flexibility index (Phi) is 5.96. The number of hydrogen-bond acceptors (Lipinski definition) is 3. The fourth-order valence-corrected chi connectivity index (χ4v) is 3.09. The molecule has 0 spiro atoms. The first-order chi connectivity index (χ1) is 7.54. The minimum Gasteiger partial charge on any atom is -0.396 e. The Morgan fingerprint density at radius 2 is 2.31 bits per heavy atom. The molecule has 1 amide bonds. The molecule has 0 bridgehead atoms. The number of carbonyl (C=O) groups excluding carboxylic acids is 1. The van der Waals surface area contributed by atoms with E-state index in [0.29, 0.717) is 23.8 Å². The highest BCUT2D eigenvalue weighted by Crippen LogP contribution is 2.32. The Morgan fingerprint density at radius 3 is 2.81 bits per heavy atom. The Hall–Kier alpha value is 0.0900. The van der Waals surface area contributed by atoms with Gasteiger partial charge in [0, 0.05) is 17.6 Å². The number of nitrogens with one attached hydrogen (secondary N) is 1. The summed E-state index contributed by atoms with van der Waals surface area (Å²) in [6.45, 7) is 2.75. The molecule has 0 aliphatic carbocycles. The average molecular weight is 371 g/mol. The van der Waals surface area contributed by atoms with Gasteiger partial charge in [-0.2, -0.15) is 0 Å². The Labute approximate surface area is 116 Å². The highest BCUT2D eigenvalue weighted by molar-refractivity contribution is 9.13. The van der Waals surface area contributed by atoms with Crippen LogP contribution in [0.15, 0.2) is 14.3 Å². The third-order valence-corrected chi connectivity index (χ3v) is 5.36. The largest absolute Gasteiger partial charge is 0.396 e. The van der Waals surface area contributed by atoms with Crippen LogP contribution in [0.2, 0.25) is 0 Å². The van der Waals surface area contributed by atoms with E-state index < -0.39 is 0 Å². The number of amides is 1. The molecule has 1 aromatic heterocycles. The SMILES string of the molecule is CC(CCO)CNC(=O)c1cc(Br)c(Br)s1. The van der Waals surface area contributed by atoms with Gasteiger partial charge >= 0.3 is 0 Å². The maximum absolute atomic E-state index is 11.7. The molecular weight excluding hydrogens is 358 g/mol. The second-order valence-electron chi connectivity index (χ2n) is 3.56. The molecule has 16 heavy (non-hydrogen) atoms. The first-order valence-electron chi connectivity index (χ1n) is 4.88. The van der Waals surface area contributed by atoms with Crippen LogP contribution < -0.4 is 5.32 Å². The van der Waals surface area contributed by atoms with Crippen LogP contribution in [0.5, 0.6) is 0 Å². The second kappa shape index (κ2) is 6.74. The molecule has 1 aromatic rings. The van der Waals surface area contributed by atoms with E-state index in [-0.39, 0.29) is 12.5 Å². The normalized spacial score (nSPS) is 12.5. The molecule has 0 aromatic carbocycles. The van der Waals surface area contributed by atoms with Crippen molar-refractivity contribution in [2.75, 3.05) is 13.2 Å². The van der Waals surface area contributed by atoms with Gasteiger partial charge < -0.3 is 10.4 Å². The Balaban J connectivity index is 2.46. The van der Waals surface area contributed by atoms with E-state index >= 15 is 0 Å². The van der Waals surface area contributed by atoms with Crippen molar-refractivity contribution in [1.82, 2.24) is 5.32 Å². The molecule has 0 radical (unpaired) electrons. The summed E-state index contributed by atoms with van der Waals surface area (Å²) in [6, 6.07) is 1.79. The smallest absolute Gasteiger partial charge is 0.261 e. The summed E-state index contributed by atoms with van der Waals surface area (Å²) in [4.78, 5) is 12.4. The molecular formula is C10H13Br2NO2S. The zero-order valence-corrected chi connectivity index (χ0v) is 12.8. The van der Waals surface area contributed by atoms with Crippen LogP contribution in [0.25, 0.3) is 0 Å². The molecule has 3 nitrogen and oxygen atoms in total. The Morgan fingerprint density at radius 1 is 1.62 bits per heavy atom. The fraction of sp³-hybridized carbons (Fsp3) is 0.500. The van der Waals surface area contributed by atoms with Gasteiger partial charge in [0.1, 0.15) is 0 Å². The van der Waals surface area contributed by atoms with Crippen LogP contribution in [-0.2, 0) is 0 Å². The minimum atomic E-state index is -0.0683. The summed E-state index contributed by atoms with van der Waals surface area (Å²) in [5, 5.41) is 11.6. The van der Waals surface area contributed by atoms with Crippen LogP contribution in [0.4, 0.5) is 0 Å². The fourth-order valence-electron chi connectivity index (χ4n) is 1.13. The van der Waals surface area contributed by atoms with Crippen LogP contribution in [-0.4, -0.2) is 24.2 Å². The summed E-state index contributed by atoms with van der Waals surface area (Å²) >= 11 is 8.08. The van der Waals surface area contributed by atoms with E-state index in [1.807, 2.05) is 6.92 Å². The lowest BCUT2D eigenvalue weighted by Gasteiger charge is -2.09. The number of aliphatic hydroxyl groups excluding tert-OH is 1. The number of thiophene rings is 1. The number of rotatable bonds is 5. The summed E-state index contributed by atoms with van der Waals surface area (Å²) in [6.07, 6.45) is 0.706. The Bertz CT molecular complexity index is 348. The van der Waals surface area contributed by atoms with Gasteiger partial charge in [-0.15, -0.1) is 11.3 Å². The van der Waals surface area contributed by atoms with Gasteiger partial charge in [-0.3, -0.25) is 4.79 Å². The van der Waals surface area contributed by atoms with Crippen molar-refractivity contribution < 1.29 is 9.90 Å². The van der Waals surface area contributed by atoms with Gasteiger partial charge in [0.2, 0.25) is 0 Å². The van der Waals surface area contributed by atoms with Crippen molar-refractivity contribution in [1.29, 1.82) is 0 Å². The van der Waals surface area contributed by atoms with E-state index in [0.717, 1.165) is 8.26 Å². The monoisotopic (exact) mass is 369 g/mol.